The Hall–Kier alpha value is -2.30. The second-order valence-corrected chi connectivity index (χ2v) is 3.36. The average Bonchev–Trinajstić information content (AvgIpc) is 2.58. The van der Waals surface area contributed by atoms with Crippen LogP contribution in [0.15, 0.2) is 40.6 Å². The minimum Gasteiger partial charge on any atom is -0.510 e. The van der Waals surface area contributed by atoms with Crippen molar-refractivity contribution in [2.45, 2.75) is 0 Å². The smallest absolute Gasteiger partial charge is 0.256 e. The minimum absolute atomic E-state index is 0.00301. The highest BCUT2D eigenvalue weighted by Crippen LogP contribution is 2.20. The Bertz CT molecular complexity index is 492. The van der Waals surface area contributed by atoms with Crippen molar-refractivity contribution in [3.8, 4) is 0 Å². The standard InChI is InChI=1S/C11H11N3O2/c12-8-3-1-2-4-9(8)13-5-7-10(15)6-14-11(7)16/h1-5,15H,6,12H2,(H,14,16). The molecule has 0 spiro atoms. The third-order valence-corrected chi connectivity index (χ3v) is 2.24. The van der Waals surface area contributed by atoms with E-state index in [2.05, 4.69) is 10.3 Å². The summed E-state index contributed by atoms with van der Waals surface area (Å²) in [5.41, 5.74) is 6.96. The molecule has 0 bridgehead atoms. The Morgan fingerprint density at radius 2 is 2.19 bits per heavy atom. The molecule has 1 aromatic rings. The Labute approximate surface area is 92.3 Å². The summed E-state index contributed by atoms with van der Waals surface area (Å²) < 4.78 is 0. The van der Waals surface area contributed by atoms with Gasteiger partial charge in [0.05, 0.1) is 23.5 Å². The van der Waals surface area contributed by atoms with Crippen LogP contribution in [0.4, 0.5) is 11.4 Å². The van der Waals surface area contributed by atoms with Crippen molar-refractivity contribution in [2.75, 3.05) is 12.3 Å². The number of nitrogens with zero attached hydrogens (tertiary/aromatic N) is 1. The third-order valence-electron chi connectivity index (χ3n) is 2.24. The van der Waals surface area contributed by atoms with E-state index in [0.717, 1.165) is 0 Å². The van der Waals surface area contributed by atoms with Crippen molar-refractivity contribution in [3.05, 3.63) is 35.6 Å². The van der Waals surface area contributed by atoms with E-state index in [4.69, 9.17) is 5.73 Å². The molecule has 16 heavy (non-hydrogen) atoms. The van der Waals surface area contributed by atoms with Gasteiger partial charge < -0.3 is 16.2 Å². The number of para-hydroxylation sites is 2. The second kappa shape index (κ2) is 4.06. The number of aliphatic hydroxyl groups excluding tert-OH is 1. The maximum Gasteiger partial charge on any atom is 0.256 e. The van der Waals surface area contributed by atoms with Gasteiger partial charge in [0.2, 0.25) is 0 Å². The molecule has 0 saturated carbocycles. The third kappa shape index (κ3) is 1.88. The van der Waals surface area contributed by atoms with Gasteiger partial charge >= 0.3 is 0 Å². The summed E-state index contributed by atoms with van der Waals surface area (Å²) in [5, 5.41) is 11.9. The second-order valence-electron chi connectivity index (χ2n) is 3.36. The van der Waals surface area contributed by atoms with E-state index < -0.39 is 0 Å². The largest absolute Gasteiger partial charge is 0.510 e. The highest BCUT2D eigenvalue weighted by Gasteiger charge is 2.19. The van der Waals surface area contributed by atoms with Crippen molar-refractivity contribution >= 4 is 23.5 Å². The zero-order chi connectivity index (χ0) is 11.5. The van der Waals surface area contributed by atoms with E-state index in [1.165, 1.54) is 6.21 Å². The van der Waals surface area contributed by atoms with Gasteiger partial charge in [-0.25, -0.2) is 0 Å². The van der Waals surface area contributed by atoms with E-state index >= 15 is 0 Å². The lowest BCUT2D eigenvalue weighted by molar-refractivity contribution is -0.116. The molecular formula is C11H11N3O2. The van der Waals surface area contributed by atoms with Crippen LogP contribution in [0, 0.1) is 0 Å². The molecule has 1 aliphatic heterocycles. The van der Waals surface area contributed by atoms with Crippen molar-refractivity contribution in [1.82, 2.24) is 5.32 Å². The summed E-state index contributed by atoms with van der Waals surface area (Å²) in [4.78, 5) is 15.3. The fourth-order valence-corrected chi connectivity index (χ4v) is 1.36. The molecule has 0 saturated heterocycles. The highest BCUT2D eigenvalue weighted by molar-refractivity contribution is 6.14. The Morgan fingerprint density at radius 3 is 2.81 bits per heavy atom. The van der Waals surface area contributed by atoms with Gasteiger partial charge in [0.1, 0.15) is 5.76 Å². The summed E-state index contributed by atoms with van der Waals surface area (Å²) in [5.74, 6) is -0.320. The molecule has 0 aromatic heterocycles. The highest BCUT2D eigenvalue weighted by atomic mass is 16.3. The lowest BCUT2D eigenvalue weighted by Crippen LogP contribution is -2.17. The molecule has 4 N–H and O–H groups in total. The molecule has 1 heterocycles. The molecule has 1 amide bonds. The zero-order valence-electron chi connectivity index (χ0n) is 8.47. The first kappa shape index (κ1) is 10.2. The number of rotatable bonds is 2. The predicted molar refractivity (Wildman–Crippen MR) is 61.7 cm³/mol. The van der Waals surface area contributed by atoms with E-state index in [0.29, 0.717) is 11.4 Å². The molecule has 5 heteroatoms. The number of carbonyl (C=O) groups is 1. The van der Waals surface area contributed by atoms with Crippen LogP contribution in [-0.2, 0) is 4.79 Å². The van der Waals surface area contributed by atoms with Crippen LogP contribution in [0.1, 0.15) is 0 Å². The number of hydrogen-bond acceptors (Lipinski definition) is 4. The average molecular weight is 217 g/mol. The van der Waals surface area contributed by atoms with Crippen LogP contribution in [0.3, 0.4) is 0 Å². The lowest BCUT2D eigenvalue weighted by Gasteiger charge is -1.98. The number of amides is 1. The van der Waals surface area contributed by atoms with Crippen molar-refractivity contribution < 1.29 is 9.90 Å². The van der Waals surface area contributed by atoms with E-state index in [1.54, 1.807) is 24.3 Å². The fourth-order valence-electron chi connectivity index (χ4n) is 1.36. The van der Waals surface area contributed by atoms with Gasteiger partial charge in [-0.3, -0.25) is 9.79 Å². The number of aliphatic hydroxyl groups is 1. The number of carbonyl (C=O) groups excluding carboxylic acids is 1. The number of nitrogens with one attached hydrogen (secondary N) is 1. The first-order valence-electron chi connectivity index (χ1n) is 4.77. The number of benzene rings is 1. The molecule has 1 aliphatic rings. The Morgan fingerprint density at radius 1 is 1.44 bits per heavy atom. The molecular weight excluding hydrogens is 206 g/mol. The summed E-state index contributed by atoms with van der Waals surface area (Å²) in [6.07, 6.45) is 1.32. The SMILES string of the molecule is Nc1ccccc1N=CC1=C(O)CNC1=O. The van der Waals surface area contributed by atoms with Gasteiger partial charge in [-0.2, -0.15) is 0 Å². The van der Waals surface area contributed by atoms with E-state index in [1.807, 2.05) is 0 Å². The quantitative estimate of drug-likeness (QED) is 0.508. The number of nitrogen functional groups attached to an aromatic ring is 1. The number of anilines is 1. The van der Waals surface area contributed by atoms with E-state index in [9.17, 15) is 9.90 Å². The molecule has 0 aliphatic carbocycles. The van der Waals surface area contributed by atoms with Crippen LogP contribution >= 0.6 is 0 Å². The van der Waals surface area contributed by atoms with Gasteiger partial charge in [-0.1, -0.05) is 12.1 Å². The van der Waals surface area contributed by atoms with Crippen LogP contribution in [-0.4, -0.2) is 23.8 Å². The lowest BCUT2D eigenvalue weighted by atomic mass is 10.2. The summed E-state index contributed by atoms with van der Waals surface area (Å²) >= 11 is 0. The molecule has 1 aromatic carbocycles. The Kier molecular flexibility index (Phi) is 2.59. The monoisotopic (exact) mass is 217 g/mol. The summed E-state index contributed by atoms with van der Waals surface area (Å²) in [7, 11) is 0. The van der Waals surface area contributed by atoms with Crippen molar-refractivity contribution in [1.29, 1.82) is 0 Å². The van der Waals surface area contributed by atoms with Gasteiger partial charge in [0, 0.05) is 6.21 Å². The Balaban J connectivity index is 2.25. The van der Waals surface area contributed by atoms with Gasteiger partial charge in [0.15, 0.2) is 0 Å². The predicted octanol–water partition coefficient (Wildman–Crippen LogP) is 0.913. The number of hydrogen-bond donors (Lipinski definition) is 3. The maximum atomic E-state index is 11.2. The summed E-state index contributed by atoms with van der Waals surface area (Å²) in [6.45, 7) is 0.157. The van der Waals surface area contributed by atoms with Gasteiger partial charge in [-0.05, 0) is 12.1 Å². The topological polar surface area (TPSA) is 87.7 Å². The van der Waals surface area contributed by atoms with Gasteiger partial charge in [0.25, 0.3) is 5.91 Å². The molecule has 82 valence electrons. The van der Waals surface area contributed by atoms with Gasteiger partial charge in [-0.15, -0.1) is 0 Å². The van der Waals surface area contributed by atoms with Crippen LogP contribution in [0.2, 0.25) is 0 Å². The normalized spacial score (nSPS) is 15.9. The van der Waals surface area contributed by atoms with Crippen LogP contribution in [0.25, 0.3) is 0 Å². The van der Waals surface area contributed by atoms with E-state index in [-0.39, 0.29) is 23.8 Å². The number of nitrogens with two attached hydrogens (primary N) is 1. The maximum absolute atomic E-state index is 11.2. The van der Waals surface area contributed by atoms with Crippen molar-refractivity contribution in [2.24, 2.45) is 4.99 Å². The molecule has 2 rings (SSSR count). The first-order chi connectivity index (χ1) is 7.68. The zero-order valence-corrected chi connectivity index (χ0v) is 8.47. The molecule has 0 radical (unpaired) electrons. The minimum atomic E-state index is -0.323. The fraction of sp³-hybridized carbons (Fsp3) is 0.0909. The summed E-state index contributed by atoms with van der Waals surface area (Å²) in [6, 6.07) is 7.05. The molecule has 0 atom stereocenters. The number of aliphatic imine (C=N–C) groups is 1. The van der Waals surface area contributed by atoms with Crippen molar-refractivity contribution in [3.63, 3.8) is 0 Å². The molecule has 5 nitrogen and oxygen atoms in total. The van der Waals surface area contributed by atoms with Crippen LogP contribution < -0.4 is 11.1 Å². The molecule has 0 fully saturated rings. The van der Waals surface area contributed by atoms with Crippen LogP contribution in [0.5, 0.6) is 0 Å². The first-order valence-corrected chi connectivity index (χ1v) is 4.77. The molecule has 0 unspecified atom stereocenters.